The average Bonchev–Trinajstić information content (AvgIpc) is 3.64. The van der Waals surface area contributed by atoms with Crippen molar-refractivity contribution in [2.75, 3.05) is 85.3 Å². The zero-order valence-corrected chi connectivity index (χ0v) is 24.7. The van der Waals surface area contributed by atoms with E-state index in [1.54, 1.807) is 58.3 Å². The van der Waals surface area contributed by atoms with Gasteiger partial charge in [-0.05, 0) is 48.5 Å². The van der Waals surface area contributed by atoms with Gasteiger partial charge in [-0.15, -0.1) is 0 Å². The summed E-state index contributed by atoms with van der Waals surface area (Å²) in [5, 5.41) is 4.93. The lowest BCUT2D eigenvalue weighted by Gasteiger charge is -2.27. The van der Waals surface area contributed by atoms with Gasteiger partial charge in [0.2, 0.25) is 0 Å². The molecule has 6 rings (SSSR count). The van der Waals surface area contributed by atoms with Crippen LogP contribution in [0.5, 0.6) is 0 Å². The summed E-state index contributed by atoms with van der Waals surface area (Å²) in [5.74, 6) is -2.14. The number of hydrogen-bond donors (Lipinski definition) is 2. The van der Waals surface area contributed by atoms with Gasteiger partial charge < -0.3 is 39.4 Å². The lowest BCUT2D eigenvalue weighted by molar-refractivity contribution is -0.139. The Morgan fingerprint density at radius 1 is 0.587 bits per heavy atom. The molecule has 0 bridgehead atoms. The molecule has 4 saturated heterocycles. The zero-order valence-electron chi connectivity index (χ0n) is 24.7. The van der Waals surface area contributed by atoms with Crippen molar-refractivity contribution in [1.29, 1.82) is 0 Å². The maximum Gasteiger partial charge on any atom is 0.414 e. The molecular weight excluding hydrogens is 604 g/mol. The molecule has 46 heavy (non-hydrogen) atoms. The molecule has 0 aliphatic carbocycles. The molecule has 2 unspecified atom stereocenters. The van der Waals surface area contributed by atoms with Crippen molar-refractivity contribution in [3.8, 4) is 0 Å². The quantitative estimate of drug-likeness (QED) is 0.375. The first-order valence-corrected chi connectivity index (χ1v) is 14.8. The molecule has 6 amide bonds. The summed E-state index contributed by atoms with van der Waals surface area (Å²) < 4.78 is 21.0. The minimum absolute atomic E-state index is 0.0229. The van der Waals surface area contributed by atoms with E-state index in [0.29, 0.717) is 49.1 Å². The second kappa shape index (κ2) is 13.4. The highest BCUT2D eigenvalue weighted by Gasteiger charge is 2.35. The summed E-state index contributed by atoms with van der Waals surface area (Å²) in [4.78, 5) is 80.0. The molecule has 0 saturated carbocycles. The van der Waals surface area contributed by atoms with Crippen molar-refractivity contribution >= 4 is 58.6 Å². The summed E-state index contributed by atoms with van der Waals surface area (Å²) in [6, 6.07) is 13.7. The Kier molecular flexibility index (Phi) is 8.98. The lowest BCUT2D eigenvalue weighted by Crippen LogP contribution is -2.45. The molecule has 4 fully saturated rings. The largest absolute Gasteiger partial charge is 0.442 e. The lowest BCUT2D eigenvalue weighted by atomic mass is 10.2. The maximum absolute atomic E-state index is 12.5. The minimum Gasteiger partial charge on any atom is -0.442 e. The number of hydrogen-bond acceptors (Lipinski definition) is 10. The number of nitrogens with zero attached hydrogens (tertiary/aromatic N) is 4. The average molecular weight is 637 g/mol. The highest BCUT2D eigenvalue weighted by atomic mass is 16.6. The number of carbonyl (C=O) groups is 6. The van der Waals surface area contributed by atoms with Crippen LogP contribution in [0.15, 0.2) is 48.5 Å². The third-order valence-electron chi connectivity index (χ3n) is 7.85. The fraction of sp³-hybridized carbons (Fsp3) is 0.400. The van der Waals surface area contributed by atoms with Crippen LogP contribution < -0.4 is 30.2 Å². The van der Waals surface area contributed by atoms with Crippen LogP contribution in [0.4, 0.5) is 32.3 Å². The highest BCUT2D eigenvalue weighted by Crippen LogP contribution is 2.27. The van der Waals surface area contributed by atoms with Gasteiger partial charge in [-0.1, -0.05) is 0 Å². The molecule has 2 aromatic rings. The van der Waals surface area contributed by atoms with E-state index < -0.39 is 36.2 Å². The van der Waals surface area contributed by atoms with Crippen molar-refractivity contribution in [3.63, 3.8) is 0 Å². The van der Waals surface area contributed by atoms with Crippen molar-refractivity contribution in [1.82, 2.24) is 10.6 Å². The van der Waals surface area contributed by atoms with Gasteiger partial charge in [-0.2, -0.15) is 0 Å². The van der Waals surface area contributed by atoms with E-state index >= 15 is 0 Å². The predicted molar refractivity (Wildman–Crippen MR) is 160 cm³/mol. The Morgan fingerprint density at radius 2 is 0.935 bits per heavy atom. The van der Waals surface area contributed by atoms with Gasteiger partial charge in [0.05, 0.1) is 39.4 Å². The maximum atomic E-state index is 12.5. The molecule has 0 spiro atoms. The number of anilines is 4. The molecule has 0 aromatic heterocycles. The van der Waals surface area contributed by atoms with Gasteiger partial charge in [0.25, 0.3) is 11.8 Å². The van der Waals surface area contributed by atoms with Crippen LogP contribution in [0, 0.1) is 0 Å². The standard InChI is InChI=1S/C30H32N6O10/c37-25-17-43-11-9-33(25)19-1-5-21(6-2-19)35-15-23(45-29(35)41)13-31-27(39)28(40)32-14-24-16-36(30(42)46-24)22-7-3-20(4-8-22)34-10-12-44-18-26(34)38/h1-8,23-24H,9-18H2,(H,31,39)(H,32,40). The fourth-order valence-corrected chi connectivity index (χ4v) is 5.46. The van der Waals surface area contributed by atoms with Crippen LogP contribution >= 0.6 is 0 Å². The van der Waals surface area contributed by atoms with Gasteiger partial charge in [0.15, 0.2) is 0 Å². The highest BCUT2D eigenvalue weighted by molar-refractivity contribution is 6.35. The number of benzene rings is 2. The number of carbonyl (C=O) groups excluding carboxylic acids is 6. The molecule has 2 N–H and O–H groups in total. The minimum atomic E-state index is -0.927. The molecule has 4 aliphatic rings. The molecule has 16 heteroatoms. The fourth-order valence-electron chi connectivity index (χ4n) is 5.46. The topological polar surface area (TPSA) is 176 Å². The molecule has 2 atom stereocenters. The van der Waals surface area contributed by atoms with Crippen LogP contribution in [-0.4, -0.2) is 114 Å². The number of cyclic esters (lactones) is 2. The van der Waals surface area contributed by atoms with Crippen LogP contribution in [-0.2, 0) is 38.1 Å². The third-order valence-corrected chi connectivity index (χ3v) is 7.85. The Labute approximate surface area is 263 Å². The van der Waals surface area contributed by atoms with Gasteiger partial charge in [0, 0.05) is 35.8 Å². The SMILES string of the molecule is O=C(NCC1CN(c2ccc(N3CCOCC3=O)cc2)C(=O)O1)C(=O)NCC1CN(c2ccc(N3CCOCC3=O)cc2)C(=O)O1. The van der Waals surface area contributed by atoms with Crippen LogP contribution in [0.2, 0.25) is 0 Å². The summed E-state index contributed by atoms with van der Waals surface area (Å²) in [6.07, 6.45) is -2.59. The molecule has 0 radical (unpaired) electrons. The first-order valence-electron chi connectivity index (χ1n) is 14.8. The first kappa shape index (κ1) is 30.8. The monoisotopic (exact) mass is 636 g/mol. The number of morpholine rings is 2. The van der Waals surface area contributed by atoms with Crippen LogP contribution in [0.25, 0.3) is 0 Å². The van der Waals surface area contributed by atoms with E-state index in [1.165, 1.54) is 9.80 Å². The first-order chi connectivity index (χ1) is 22.3. The number of rotatable bonds is 8. The summed E-state index contributed by atoms with van der Waals surface area (Å²) >= 11 is 0. The van der Waals surface area contributed by atoms with Gasteiger partial charge in [0.1, 0.15) is 25.4 Å². The van der Waals surface area contributed by atoms with Crippen LogP contribution in [0.3, 0.4) is 0 Å². The Hall–Kier alpha value is -5.22. The molecular formula is C30H32N6O10. The Bertz CT molecular complexity index is 1400. The van der Waals surface area contributed by atoms with Crippen molar-refractivity contribution in [2.45, 2.75) is 12.2 Å². The van der Waals surface area contributed by atoms with Crippen LogP contribution in [0.1, 0.15) is 0 Å². The summed E-state index contributed by atoms with van der Waals surface area (Å²) in [5.41, 5.74) is 2.50. The van der Waals surface area contributed by atoms with E-state index in [9.17, 15) is 28.8 Å². The number of nitrogens with one attached hydrogen (secondary N) is 2. The molecule has 16 nitrogen and oxygen atoms in total. The van der Waals surface area contributed by atoms with E-state index in [-0.39, 0.29) is 51.2 Å². The predicted octanol–water partition coefficient (Wildman–Crippen LogP) is -0.00400. The van der Waals surface area contributed by atoms with E-state index in [0.717, 1.165) is 0 Å². The number of amides is 6. The summed E-state index contributed by atoms with van der Waals surface area (Å²) in [6.45, 7) is 1.94. The molecule has 4 aliphatic heterocycles. The van der Waals surface area contributed by atoms with E-state index in [4.69, 9.17) is 18.9 Å². The van der Waals surface area contributed by atoms with E-state index in [2.05, 4.69) is 10.6 Å². The second-order valence-electron chi connectivity index (χ2n) is 10.9. The van der Waals surface area contributed by atoms with Gasteiger partial charge in [-0.25, -0.2) is 9.59 Å². The second-order valence-corrected chi connectivity index (χ2v) is 10.9. The van der Waals surface area contributed by atoms with Crippen molar-refractivity contribution in [2.24, 2.45) is 0 Å². The molecule has 4 heterocycles. The normalized spacial score (nSPS) is 21.7. The van der Waals surface area contributed by atoms with Gasteiger partial charge >= 0.3 is 24.0 Å². The van der Waals surface area contributed by atoms with Gasteiger partial charge in [-0.3, -0.25) is 29.0 Å². The smallest absolute Gasteiger partial charge is 0.414 e. The zero-order chi connectivity index (χ0) is 32.2. The molecule has 2 aromatic carbocycles. The van der Waals surface area contributed by atoms with Crippen molar-refractivity contribution < 1.29 is 47.7 Å². The summed E-state index contributed by atoms with van der Waals surface area (Å²) in [7, 11) is 0. The molecule has 242 valence electrons. The Balaban J connectivity index is 0.934. The van der Waals surface area contributed by atoms with E-state index in [1.807, 2.05) is 0 Å². The van der Waals surface area contributed by atoms with Crippen molar-refractivity contribution in [3.05, 3.63) is 48.5 Å². The number of ether oxygens (including phenoxy) is 4. The third kappa shape index (κ3) is 6.72. The Morgan fingerprint density at radius 3 is 1.28 bits per heavy atom.